The summed E-state index contributed by atoms with van der Waals surface area (Å²) < 4.78 is 13.1. The van der Waals surface area contributed by atoms with Crippen LogP contribution >= 0.6 is 36.4 Å². The molecule has 25 heavy (non-hydrogen) atoms. The van der Waals surface area contributed by atoms with E-state index in [1.807, 2.05) is 6.92 Å². The predicted molar refractivity (Wildman–Crippen MR) is 105 cm³/mol. The number of likely N-dealkylation sites (tertiary alicyclic amines) is 1. The van der Waals surface area contributed by atoms with Crippen molar-refractivity contribution in [1.82, 2.24) is 10.2 Å². The summed E-state index contributed by atoms with van der Waals surface area (Å²) in [6.07, 6.45) is 3.18. The first-order valence-electron chi connectivity index (χ1n) is 8.15. The number of nitrogens with one attached hydrogen (secondary N) is 1. The van der Waals surface area contributed by atoms with Crippen molar-refractivity contribution in [2.24, 2.45) is 5.73 Å². The molecule has 1 heterocycles. The molecule has 0 aliphatic carbocycles. The van der Waals surface area contributed by atoms with Crippen LogP contribution in [0.1, 0.15) is 38.2 Å². The van der Waals surface area contributed by atoms with Crippen molar-refractivity contribution in [1.29, 1.82) is 0 Å². The number of hydrogen-bond acceptors (Lipinski definition) is 3. The molecule has 2 rings (SSSR count). The first-order valence-corrected chi connectivity index (χ1v) is 8.53. The van der Waals surface area contributed by atoms with Gasteiger partial charge in [-0.3, -0.25) is 9.69 Å². The summed E-state index contributed by atoms with van der Waals surface area (Å²) in [5, 5.41) is 3.54. The van der Waals surface area contributed by atoms with Gasteiger partial charge in [-0.1, -0.05) is 17.7 Å². The highest BCUT2D eigenvalue weighted by atomic mass is 35.5. The van der Waals surface area contributed by atoms with Gasteiger partial charge in [-0.15, -0.1) is 24.8 Å². The van der Waals surface area contributed by atoms with E-state index in [0.717, 1.165) is 31.5 Å². The van der Waals surface area contributed by atoms with Gasteiger partial charge >= 0.3 is 0 Å². The van der Waals surface area contributed by atoms with E-state index in [9.17, 15) is 9.18 Å². The van der Waals surface area contributed by atoms with E-state index >= 15 is 0 Å². The van der Waals surface area contributed by atoms with Crippen LogP contribution in [0, 0.1) is 5.82 Å². The Bertz CT molecular complexity index is 546. The Balaban J connectivity index is 0.00000288. The van der Waals surface area contributed by atoms with Crippen molar-refractivity contribution in [2.45, 2.75) is 51.2 Å². The van der Waals surface area contributed by atoms with Gasteiger partial charge in [0, 0.05) is 36.6 Å². The number of amides is 1. The molecule has 0 spiro atoms. The van der Waals surface area contributed by atoms with Crippen molar-refractivity contribution >= 4 is 42.3 Å². The molecule has 1 saturated heterocycles. The summed E-state index contributed by atoms with van der Waals surface area (Å²) in [4.78, 5) is 14.2. The molecule has 144 valence electrons. The van der Waals surface area contributed by atoms with Crippen LogP contribution < -0.4 is 11.1 Å². The molecule has 3 N–H and O–H groups in total. The average molecular weight is 415 g/mol. The minimum absolute atomic E-state index is 0. The van der Waals surface area contributed by atoms with E-state index in [2.05, 4.69) is 10.2 Å². The topological polar surface area (TPSA) is 58.4 Å². The fourth-order valence-corrected chi connectivity index (χ4v) is 3.09. The first kappa shape index (κ1) is 24.4. The zero-order valence-corrected chi connectivity index (χ0v) is 16.7. The van der Waals surface area contributed by atoms with Crippen molar-refractivity contribution in [3.63, 3.8) is 0 Å². The van der Waals surface area contributed by atoms with Gasteiger partial charge in [0.05, 0.1) is 0 Å². The van der Waals surface area contributed by atoms with Gasteiger partial charge in [-0.05, 0) is 50.4 Å². The highest BCUT2D eigenvalue weighted by Gasteiger charge is 2.22. The van der Waals surface area contributed by atoms with Crippen molar-refractivity contribution in [3.8, 4) is 0 Å². The predicted octanol–water partition coefficient (Wildman–Crippen LogP) is 3.53. The first-order chi connectivity index (χ1) is 10.9. The van der Waals surface area contributed by atoms with Crippen LogP contribution in [-0.2, 0) is 11.3 Å². The minimum Gasteiger partial charge on any atom is -0.352 e. The van der Waals surface area contributed by atoms with Crippen LogP contribution in [-0.4, -0.2) is 36.0 Å². The molecular weight excluding hydrogens is 388 g/mol. The number of carbonyl (C=O) groups excluding carboxylic acids is 1. The normalized spacial score (nSPS) is 18.6. The second-order valence-corrected chi connectivity index (χ2v) is 6.80. The van der Waals surface area contributed by atoms with Gasteiger partial charge in [0.2, 0.25) is 5.91 Å². The number of benzene rings is 1. The number of rotatable bonds is 6. The molecule has 0 bridgehead atoms. The molecule has 2 atom stereocenters. The summed E-state index contributed by atoms with van der Waals surface area (Å²) in [7, 11) is 0. The maximum Gasteiger partial charge on any atom is 0.220 e. The molecule has 0 saturated carbocycles. The third-order valence-corrected chi connectivity index (χ3v) is 4.46. The summed E-state index contributed by atoms with van der Waals surface area (Å²) in [6, 6.07) is 4.70. The van der Waals surface area contributed by atoms with Crippen LogP contribution in [0.15, 0.2) is 18.2 Å². The van der Waals surface area contributed by atoms with Crippen LogP contribution in [0.2, 0.25) is 5.02 Å². The second kappa shape index (κ2) is 11.9. The zero-order chi connectivity index (χ0) is 16.8. The Morgan fingerprint density at radius 3 is 2.84 bits per heavy atom. The molecule has 0 aromatic heterocycles. The van der Waals surface area contributed by atoms with Crippen molar-refractivity contribution < 1.29 is 9.18 Å². The third kappa shape index (κ3) is 8.56. The smallest absolute Gasteiger partial charge is 0.220 e. The lowest BCUT2D eigenvalue weighted by Crippen LogP contribution is -2.47. The molecule has 4 nitrogen and oxygen atoms in total. The summed E-state index contributed by atoms with van der Waals surface area (Å²) >= 11 is 6.09. The van der Waals surface area contributed by atoms with Gasteiger partial charge in [-0.2, -0.15) is 0 Å². The van der Waals surface area contributed by atoms with Gasteiger partial charge in [0.1, 0.15) is 5.82 Å². The molecule has 1 aliphatic rings. The lowest BCUT2D eigenvalue weighted by Gasteiger charge is -2.33. The van der Waals surface area contributed by atoms with Gasteiger partial charge < -0.3 is 11.1 Å². The number of nitrogens with zero attached hydrogens (tertiary/aromatic N) is 1. The fourth-order valence-electron chi connectivity index (χ4n) is 2.87. The quantitative estimate of drug-likeness (QED) is 0.748. The average Bonchev–Trinajstić information content (AvgIpc) is 2.48. The highest BCUT2D eigenvalue weighted by Crippen LogP contribution is 2.21. The number of carbonyl (C=O) groups is 1. The maximum atomic E-state index is 13.1. The van der Waals surface area contributed by atoms with E-state index < -0.39 is 0 Å². The lowest BCUT2D eigenvalue weighted by atomic mass is 10.0. The number of nitrogens with two attached hydrogens (primary N) is 1. The molecule has 2 unspecified atom stereocenters. The number of hydrogen-bond donors (Lipinski definition) is 2. The summed E-state index contributed by atoms with van der Waals surface area (Å²) in [6.45, 7) is 4.32. The summed E-state index contributed by atoms with van der Waals surface area (Å²) in [5.74, 6) is -0.259. The largest absolute Gasteiger partial charge is 0.352 e. The van der Waals surface area contributed by atoms with Crippen LogP contribution in [0.3, 0.4) is 0 Å². The van der Waals surface area contributed by atoms with Gasteiger partial charge in [-0.25, -0.2) is 4.39 Å². The van der Waals surface area contributed by atoms with E-state index in [-0.39, 0.29) is 48.6 Å². The number of halogens is 4. The molecule has 1 fully saturated rings. The number of piperidine rings is 1. The van der Waals surface area contributed by atoms with E-state index in [4.69, 9.17) is 17.3 Å². The Kier molecular flexibility index (Phi) is 11.6. The Morgan fingerprint density at radius 2 is 2.20 bits per heavy atom. The summed E-state index contributed by atoms with van der Waals surface area (Å²) in [5.41, 5.74) is 6.59. The highest BCUT2D eigenvalue weighted by molar-refractivity contribution is 6.31. The molecule has 1 aromatic carbocycles. The minimum atomic E-state index is -0.323. The third-order valence-electron chi connectivity index (χ3n) is 4.11. The van der Waals surface area contributed by atoms with Crippen LogP contribution in [0.4, 0.5) is 4.39 Å². The van der Waals surface area contributed by atoms with E-state index in [0.29, 0.717) is 24.4 Å². The molecule has 1 aromatic rings. The Labute approximate surface area is 166 Å². The lowest BCUT2D eigenvalue weighted by molar-refractivity contribution is -0.122. The van der Waals surface area contributed by atoms with Gasteiger partial charge in [0.15, 0.2) is 0 Å². The molecule has 8 heteroatoms. The van der Waals surface area contributed by atoms with Crippen molar-refractivity contribution in [3.05, 3.63) is 34.6 Å². The molecule has 0 radical (unpaired) electrons. The SMILES string of the molecule is CC(N)CCC(=O)NC1CCCN(Cc2ccc(F)cc2Cl)C1.Cl.Cl. The molecule has 1 amide bonds. The molecular formula is C17H27Cl3FN3O. The zero-order valence-electron chi connectivity index (χ0n) is 14.3. The Morgan fingerprint density at radius 1 is 1.48 bits per heavy atom. The maximum absolute atomic E-state index is 13.1. The van der Waals surface area contributed by atoms with E-state index in [1.165, 1.54) is 12.1 Å². The van der Waals surface area contributed by atoms with E-state index in [1.54, 1.807) is 6.07 Å². The second-order valence-electron chi connectivity index (χ2n) is 6.39. The van der Waals surface area contributed by atoms with Crippen LogP contribution in [0.25, 0.3) is 0 Å². The molecule has 1 aliphatic heterocycles. The fraction of sp³-hybridized carbons (Fsp3) is 0.588. The Hall–Kier alpha value is -0.590. The van der Waals surface area contributed by atoms with Crippen molar-refractivity contribution in [2.75, 3.05) is 13.1 Å². The monoisotopic (exact) mass is 413 g/mol. The van der Waals surface area contributed by atoms with Crippen LogP contribution in [0.5, 0.6) is 0 Å². The standard InChI is InChI=1S/C17H25ClFN3O.2ClH/c1-12(20)4-7-17(23)21-15-3-2-8-22(11-15)10-13-5-6-14(19)9-16(13)18;;/h5-6,9,12,15H,2-4,7-8,10-11,20H2,1H3,(H,21,23);2*1H. The van der Waals surface area contributed by atoms with Gasteiger partial charge in [0.25, 0.3) is 0 Å².